The van der Waals surface area contributed by atoms with E-state index in [1.807, 2.05) is 12.1 Å². The predicted octanol–water partition coefficient (Wildman–Crippen LogP) is 14.2. The van der Waals surface area contributed by atoms with E-state index in [0.29, 0.717) is 0 Å². The Morgan fingerprint density at radius 3 is 1.07 bits per heavy atom. The van der Waals surface area contributed by atoms with E-state index in [0.717, 1.165) is 73.1 Å². The van der Waals surface area contributed by atoms with Gasteiger partial charge in [0, 0.05) is 79.6 Å². The molecule has 3 heterocycles. The number of Topliss-reactive ketones (excluding diaryl/α,β-unsaturated/α-hetero) is 2. The van der Waals surface area contributed by atoms with Crippen LogP contribution in [0, 0.1) is 0 Å². The van der Waals surface area contributed by atoms with E-state index in [1.165, 1.54) is 111 Å². The number of unbranched alkanes of at least 4 members (excludes halogenated alkanes) is 9. The molecule has 0 spiro atoms. The average molecular weight is 722 g/mol. The molecule has 4 aromatic carbocycles. The van der Waals surface area contributed by atoms with E-state index in [4.69, 9.17) is 0 Å². The molecule has 0 amide bonds. The number of aryl methyl sites for hydroxylation is 3. The second-order valence-corrected chi connectivity index (χ2v) is 15.9. The molecule has 5 heteroatoms. The second-order valence-electron chi connectivity index (χ2n) is 15.9. The van der Waals surface area contributed by atoms with Gasteiger partial charge in [0.1, 0.15) is 0 Å². The minimum atomic E-state index is 0.0905. The third kappa shape index (κ3) is 6.58. The van der Waals surface area contributed by atoms with Gasteiger partial charge in [0.2, 0.25) is 0 Å². The maximum absolute atomic E-state index is 12.9. The molecule has 0 aliphatic carbocycles. The number of hydrogen-bond acceptors (Lipinski definition) is 2. The molecule has 0 bridgehead atoms. The fourth-order valence-electron chi connectivity index (χ4n) is 9.04. The van der Waals surface area contributed by atoms with Crippen LogP contribution in [0.3, 0.4) is 0 Å². The van der Waals surface area contributed by atoms with Crippen LogP contribution in [0.2, 0.25) is 0 Å². The first kappa shape index (κ1) is 37.7. The Morgan fingerprint density at radius 2 is 0.778 bits per heavy atom. The van der Waals surface area contributed by atoms with Gasteiger partial charge in [-0.05, 0) is 63.8 Å². The lowest BCUT2D eigenvalue weighted by Crippen LogP contribution is -2.02. The average Bonchev–Trinajstić information content (AvgIpc) is 3.78. The Balaban J connectivity index is 1.75. The van der Waals surface area contributed by atoms with Gasteiger partial charge in [-0.2, -0.15) is 0 Å². The summed E-state index contributed by atoms with van der Waals surface area (Å²) >= 11 is 0. The van der Waals surface area contributed by atoms with Gasteiger partial charge in [-0.15, -0.1) is 0 Å². The van der Waals surface area contributed by atoms with Crippen LogP contribution in [0.5, 0.6) is 0 Å². The van der Waals surface area contributed by atoms with Gasteiger partial charge in [0.25, 0.3) is 0 Å². The number of rotatable bonds is 18. The number of carbonyl (C=O) groups is 2. The van der Waals surface area contributed by atoms with E-state index in [9.17, 15) is 9.59 Å². The Morgan fingerprint density at radius 1 is 0.463 bits per heavy atom. The van der Waals surface area contributed by atoms with Crippen molar-refractivity contribution in [2.75, 3.05) is 0 Å². The molecular weight excluding hydrogens is 663 g/mol. The van der Waals surface area contributed by atoms with E-state index < -0.39 is 0 Å². The monoisotopic (exact) mass is 721 g/mol. The van der Waals surface area contributed by atoms with Gasteiger partial charge in [-0.25, -0.2) is 0 Å². The van der Waals surface area contributed by atoms with Crippen LogP contribution in [0.1, 0.15) is 145 Å². The quantitative estimate of drug-likeness (QED) is 0.0654. The van der Waals surface area contributed by atoms with Gasteiger partial charge >= 0.3 is 0 Å². The van der Waals surface area contributed by atoms with E-state index in [-0.39, 0.29) is 11.6 Å². The molecule has 282 valence electrons. The van der Waals surface area contributed by atoms with Crippen LogP contribution in [0.25, 0.3) is 71.0 Å². The Hall–Kier alpha value is -4.64. The topological polar surface area (TPSA) is 48.9 Å². The molecule has 0 fully saturated rings. The first-order valence-corrected chi connectivity index (χ1v) is 20.9. The van der Waals surface area contributed by atoms with Crippen LogP contribution >= 0.6 is 0 Å². The number of allylic oxidation sites excluding steroid dienone is 1. The van der Waals surface area contributed by atoms with Crippen LogP contribution in [-0.2, 0) is 19.6 Å². The number of ketones is 2. The first-order valence-electron chi connectivity index (χ1n) is 20.9. The normalized spacial score (nSPS) is 12.1. The van der Waals surface area contributed by atoms with Crippen molar-refractivity contribution in [1.29, 1.82) is 0 Å². The van der Waals surface area contributed by atoms with Crippen LogP contribution in [-0.4, -0.2) is 25.3 Å². The molecule has 5 nitrogen and oxygen atoms in total. The Kier molecular flexibility index (Phi) is 11.2. The van der Waals surface area contributed by atoms with Crippen LogP contribution < -0.4 is 0 Å². The lowest BCUT2D eigenvalue weighted by atomic mass is 10.00. The zero-order valence-corrected chi connectivity index (χ0v) is 33.7. The van der Waals surface area contributed by atoms with Crippen molar-refractivity contribution in [3.8, 4) is 0 Å². The molecule has 54 heavy (non-hydrogen) atoms. The van der Waals surface area contributed by atoms with E-state index >= 15 is 0 Å². The van der Waals surface area contributed by atoms with E-state index in [1.54, 1.807) is 13.8 Å². The number of benzene rings is 4. The van der Waals surface area contributed by atoms with E-state index in [2.05, 4.69) is 90.4 Å². The highest BCUT2D eigenvalue weighted by Crippen LogP contribution is 2.49. The van der Waals surface area contributed by atoms with Crippen molar-refractivity contribution in [2.24, 2.45) is 0 Å². The first-order chi connectivity index (χ1) is 26.2. The second kappa shape index (κ2) is 16.0. The van der Waals surface area contributed by atoms with Crippen LogP contribution in [0.4, 0.5) is 0 Å². The highest BCUT2D eigenvalue weighted by atomic mass is 16.1. The molecule has 0 unspecified atom stereocenters. The molecule has 0 aliphatic rings. The number of fused-ring (bicyclic) bond motifs is 12. The summed E-state index contributed by atoms with van der Waals surface area (Å²) < 4.78 is 7.77. The summed E-state index contributed by atoms with van der Waals surface area (Å²) in [5, 5.41) is 7.52. The summed E-state index contributed by atoms with van der Waals surface area (Å²) in [6.45, 7) is 19.3. The molecule has 0 atom stereocenters. The molecule has 0 saturated heterocycles. The maximum Gasteiger partial charge on any atom is 0.159 e. The lowest BCUT2D eigenvalue weighted by Gasteiger charge is -2.13. The van der Waals surface area contributed by atoms with Crippen molar-refractivity contribution >= 4 is 82.6 Å². The predicted molar refractivity (Wildman–Crippen MR) is 233 cm³/mol. The zero-order chi connectivity index (χ0) is 38.1. The molecule has 7 rings (SSSR count). The Bertz CT molecular complexity index is 2240. The summed E-state index contributed by atoms with van der Waals surface area (Å²) in [6.07, 6.45) is 14.0. The van der Waals surface area contributed by atoms with Crippen molar-refractivity contribution in [3.05, 3.63) is 77.9 Å². The summed E-state index contributed by atoms with van der Waals surface area (Å²) in [6, 6.07) is 19.8. The summed E-state index contributed by atoms with van der Waals surface area (Å²) in [5.74, 6) is 0.181. The summed E-state index contributed by atoms with van der Waals surface area (Å²) in [5.41, 5.74) is 11.1. The lowest BCUT2D eigenvalue weighted by molar-refractivity contribution is 0.100. The number of aromatic nitrogens is 3. The van der Waals surface area contributed by atoms with Gasteiger partial charge in [0.05, 0.1) is 16.6 Å². The minimum absolute atomic E-state index is 0.0905. The third-order valence-corrected chi connectivity index (χ3v) is 11.9. The maximum atomic E-state index is 12.9. The standard InChI is InChI=1S/C49H59N3O2/c1-8-11-14-17-26-50-41-29-35(32(4)5)20-23-38(41)44-47(50)45-39-24-21-36(33(6)53)30-42(39)52(28-19-16-13-10-3)49(45)46-40-25-22-37(34(7)54)31-43(40)51(48(44)46)27-18-15-12-9-2/h20-25,29-31H,4,8-19,26-28H2,1-3,5-7H3. The fraction of sp³-hybridized carbons (Fsp3) is 0.429. The highest BCUT2D eigenvalue weighted by molar-refractivity contribution is 6.39. The van der Waals surface area contributed by atoms with Gasteiger partial charge < -0.3 is 13.7 Å². The Labute approximate surface area is 321 Å². The molecule has 3 aromatic heterocycles. The highest BCUT2D eigenvalue weighted by Gasteiger charge is 2.28. The zero-order valence-electron chi connectivity index (χ0n) is 33.7. The largest absolute Gasteiger partial charge is 0.340 e. The number of carbonyl (C=O) groups excluding carboxylic acids is 2. The fourth-order valence-corrected chi connectivity index (χ4v) is 9.04. The van der Waals surface area contributed by atoms with Crippen LogP contribution in [0.15, 0.2) is 61.2 Å². The summed E-state index contributed by atoms with van der Waals surface area (Å²) in [4.78, 5) is 25.9. The van der Waals surface area contributed by atoms with Crippen molar-refractivity contribution in [2.45, 2.75) is 138 Å². The molecular formula is C49H59N3O2. The SMILES string of the molecule is C=C(C)c1ccc2c3c(c4c5ccc(C(C)=O)cc5n(CCCCCC)c4c4c5ccc(C(C)=O)cc5n(CCCCCC)c34)n(CCCCCC)c2c1. The van der Waals surface area contributed by atoms with Crippen molar-refractivity contribution in [1.82, 2.24) is 13.7 Å². The van der Waals surface area contributed by atoms with Crippen molar-refractivity contribution in [3.63, 3.8) is 0 Å². The number of hydrogen-bond donors (Lipinski definition) is 0. The minimum Gasteiger partial charge on any atom is -0.340 e. The molecule has 0 aliphatic heterocycles. The molecule has 0 saturated carbocycles. The molecule has 0 N–H and O–H groups in total. The molecule has 0 radical (unpaired) electrons. The number of nitrogens with zero attached hydrogens (tertiary/aromatic N) is 3. The molecule has 7 aromatic rings. The van der Waals surface area contributed by atoms with Gasteiger partial charge in [-0.1, -0.05) is 127 Å². The van der Waals surface area contributed by atoms with Crippen molar-refractivity contribution < 1.29 is 9.59 Å². The van der Waals surface area contributed by atoms with Gasteiger partial charge in [-0.3, -0.25) is 9.59 Å². The smallest absolute Gasteiger partial charge is 0.159 e. The van der Waals surface area contributed by atoms with Gasteiger partial charge in [0.15, 0.2) is 11.6 Å². The third-order valence-electron chi connectivity index (χ3n) is 11.9. The summed E-state index contributed by atoms with van der Waals surface area (Å²) in [7, 11) is 0.